The monoisotopic (exact) mass is 565 g/mol. The highest BCUT2D eigenvalue weighted by Gasteiger charge is 2.34. The molecule has 11 heteroatoms. The van der Waals surface area contributed by atoms with Crippen LogP contribution in [0.15, 0.2) is 36.4 Å². The van der Waals surface area contributed by atoms with Crippen LogP contribution < -0.4 is 16.1 Å². The first kappa shape index (κ1) is 30.1. The summed E-state index contributed by atoms with van der Waals surface area (Å²) in [4.78, 5) is 57.4. The van der Waals surface area contributed by atoms with Gasteiger partial charge in [0.1, 0.15) is 24.2 Å². The molecular weight excluding hydrogens is 526 g/mol. The Labute approximate surface area is 239 Å². The van der Waals surface area contributed by atoms with Gasteiger partial charge in [-0.1, -0.05) is 44.2 Å². The quantitative estimate of drug-likeness (QED) is 0.404. The van der Waals surface area contributed by atoms with E-state index in [0.717, 1.165) is 10.9 Å². The van der Waals surface area contributed by atoms with Gasteiger partial charge in [-0.3, -0.25) is 24.2 Å². The van der Waals surface area contributed by atoms with Crippen LogP contribution in [0.2, 0.25) is 0 Å². The van der Waals surface area contributed by atoms with Gasteiger partial charge in [-0.25, -0.2) is 10.4 Å². The maximum Gasteiger partial charge on any atom is 0.325 e. The van der Waals surface area contributed by atoms with Crippen LogP contribution in [0.5, 0.6) is 0 Å². The number of cyclic esters (lactones) is 1. The van der Waals surface area contributed by atoms with Crippen molar-refractivity contribution in [1.82, 2.24) is 26.1 Å². The molecule has 1 aromatic heterocycles. The van der Waals surface area contributed by atoms with Crippen molar-refractivity contribution in [2.75, 3.05) is 6.54 Å². The van der Waals surface area contributed by atoms with Gasteiger partial charge in [0, 0.05) is 11.9 Å². The summed E-state index contributed by atoms with van der Waals surface area (Å²) in [7, 11) is 0. The van der Waals surface area contributed by atoms with E-state index in [-0.39, 0.29) is 5.92 Å². The van der Waals surface area contributed by atoms with Crippen LogP contribution in [-0.4, -0.2) is 69.6 Å². The Morgan fingerprint density at radius 3 is 2.46 bits per heavy atom. The van der Waals surface area contributed by atoms with Crippen LogP contribution in [0.1, 0.15) is 64.8 Å². The van der Waals surface area contributed by atoms with E-state index in [1.54, 1.807) is 45.9 Å². The molecule has 4 N–H and O–H groups in total. The third-order valence-corrected chi connectivity index (χ3v) is 7.48. The Hall–Kier alpha value is -3.83. The summed E-state index contributed by atoms with van der Waals surface area (Å²) in [5.74, 6) is -3.17. The summed E-state index contributed by atoms with van der Waals surface area (Å²) < 4.78 is 5.73. The van der Waals surface area contributed by atoms with Crippen LogP contribution in [0.3, 0.4) is 0 Å². The second kappa shape index (κ2) is 12.8. The van der Waals surface area contributed by atoms with Crippen molar-refractivity contribution in [1.29, 1.82) is 0 Å². The zero-order chi connectivity index (χ0) is 29.8. The van der Waals surface area contributed by atoms with Gasteiger partial charge in [0.25, 0.3) is 5.91 Å². The average molecular weight is 566 g/mol. The van der Waals surface area contributed by atoms with E-state index >= 15 is 0 Å². The summed E-state index contributed by atoms with van der Waals surface area (Å²) in [6.07, 6.45) is 2.72. The van der Waals surface area contributed by atoms with Crippen LogP contribution in [-0.2, 0) is 23.9 Å². The molecule has 0 spiro atoms. The number of amides is 3. The molecule has 0 aliphatic carbocycles. The molecule has 1 aromatic carbocycles. The van der Waals surface area contributed by atoms with Crippen LogP contribution in [0, 0.1) is 11.8 Å². The average Bonchev–Trinajstić information content (AvgIpc) is 2.94. The molecule has 2 aliphatic rings. The van der Waals surface area contributed by atoms with Gasteiger partial charge >= 0.3 is 5.97 Å². The lowest BCUT2D eigenvalue weighted by molar-refractivity contribution is -0.157. The van der Waals surface area contributed by atoms with Crippen molar-refractivity contribution in [3.63, 3.8) is 0 Å². The lowest BCUT2D eigenvalue weighted by Crippen LogP contribution is -2.61. The first-order valence-electron chi connectivity index (χ1n) is 14.1. The topological polar surface area (TPSA) is 150 Å². The second-order valence-corrected chi connectivity index (χ2v) is 11.2. The number of hydrogen-bond acceptors (Lipinski definition) is 8. The van der Waals surface area contributed by atoms with E-state index in [2.05, 4.69) is 16.1 Å². The molecule has 2 aromatic rings. The predicted octanol–water partition coefficient (Wildman–Crippen LogP) is 2.00. The molecule has 1 unspecified atom stereocenters. The van der Waals surface area contributed by atoms with E-state index < -0.39 is 59.9 Å². The number of carbonyl (C=O) groups is 4. The SMILES string of the molecule is CC(C)[C@@H]1NC(=O)C([C@H](C)O)/C=C/c2ccc3ccc(nc3c2)[C@@H](C)OC(=O)[C@@H]2CCCN(N2)C(=O)[C@H](C)NC1=O. The molecule has 3 amide bonds. The fourth-order valence-electron chi connectivity index (χ4n) is 4.98. The van der Waals surface area contributed by atoms with Gasteiger partial charge in [0.15, 0.2) is 0 Å². The molecule has 11 nitrogen and oxygen atoms in total. The Kier molecular flexibility index (Phi) is 9.39. The number of nitrogens with zero attached hydrogens (tertiary/aromatic N) is 2. The summed E-state index contributed by atoms with van der Waals surface area (Å²) >= 11 is 0. The Morgan fingerprint density at radius 1 is 1.02 bits per heavy atom. The van der Waals surface area contributed by atoms with Crippen LogP contribution in [0.25, 0.3) is 17.0 Å². The third-order valence-electron chi connectivity index (χ3n) is 7.48. The number of hydrogen-bond donors (Lipinski definition) is 4. The van der Waals surface area contributed by atoms with Crippen molar-refractivity contribution in [2.45, 2.75) is 77.8 Å². The number of ether oxygens (including phenoxy) is 1. The maximum absolute atomic E-state index is 13.3. The number of hydrazine groups is 1. The molecular formula is C30H39N5O6. The molecule has 41 heavy (non-hydrogen) atoms. The highest BCUT2D eigenvalue weighted by Crippen LogP contribution is 2.23. The van der Waals surface area contributed by atoms with Gasteiger partial charge in [-0.15, -0.1) is 0 Å². The largest absolute Gasteiger partial charge is 0.455 e. The zero-order valence-corrected chi connectivity index (χ0v) is 24.1. The molecule has 5 bridgehead atoms. The standard InChI is InChI=1S/C30H39N5O6/c1-16(2)26-28(38)31-17(3)29(39)35-14-6-7-24(34-35)30(40)41-19(5)23-13-11-21-10-8-20(15-25(21)32-23)9-12-22(18(4)36)27(37)33-26/h8-13,15-19,22,24,26,34,36H,6-7,14H2,1-5H3,(H,31,38)(H,33,37)/b12-9+/t17-,18-,19+,22?,24-,26-/m0/s1. The number of benzene rings is 1. The van der Waals surface area contributed by atoms with Crippen LogP contribution in [0.4, 0.5) is 0 Å². The smallest absolute Gasteiger partial charge is 0.325 e. The number of aliphatic hydroxyl groups excluding tert-OH is 1. The highest BCUT2D eigenvalue weighted by atomic mass is 16.5. The van der Waals surface area contributed by atoms with E-state index in [9.17, 15) is 24.3 Å². The number of nitrogens with one attached hydrogen (secondary N) is 3. The Balaban J connectivity index is 1.71. The number of pyridine rings is 1. The number of esters is 1. The Bertz CT molecular complexity index is 1340. The molecule has 3 heterocycles. The number of aliphatic hydroxyl groups is 1. The van der Waals surface area contributed by atoms with E-state index in [1.165, 1.54) is 11.9 Å². The van der Waals surface area contributed by atoms with Crippen molar-refractivity contribution in [2.24, 2.45) is 11.8 Å². The van der Waals surface area contributed by atoms with Crippen molar-refractivity contribution < 1.29 is 29.0 Å². The molecule has 1 saturated heterocycles. The molecule has 220 valence electrons. The molecule has 1 fully saturated rings. The zero-order valence-electron chi connectivity index (χ0n) is 24.1. The first-order valence-corrected chi connectivity index (χ1v) is 14.1. The summed E-state index contributed by atoms with van der Waals surface area (Å²) in [5, 5.41) is 18.1. The number of aromatic nitrogens is 1. The van der Waals surface area contributed by atoms with E-state index in [0.29, 0.717) is 30.6 Å². The van der Waals surface area contributed by atoms with Crippen LogP contribution >= 0.6 is 0 Å². The Morgan fingerprint density at radius 2 is 1.76 bits per heavy atom. The number of fused-ring (bicyclic) bond motifs is 4. The number of rotatable bonds is 2. The van der Waals surface area contributed by atoms with Gasteiger partial charge in [-0.05, 0) is 57.2 Å². The fraction of sp³-hybridized carbons (Fsp3) is 0.500. The minimum Gasteiger partial charge on any atom is -0.455 e. The van der Waals surface area contributed by atoms with E-state index in [4.69, 9.17) is 9.72 Å². The molecule has 6 atom stereocenters. The lowest BCUT2D eigenvalue weighted by atomic mass is 9.97. The molecule has 2 aliphatic heterocycles. The second-order valence-electron chi connectivity index (χ2n) is 11.2. The van der Waals surface area contributed by atoms with Gasteiger partial charge in [0.2, 0.25) is 11.8 Å². The first-order chi connectivity index (χ1) is 19.4. The molecule has 0 radical (unpaired) electrons. The summed E-state index contributed by atoms with van der Waals surface area (Å²) in [5.41, 5.74) is 4.95. The third kappa shape index (κ3) is 7.09. The lowest BCUT2D eigenvalue weighted by Gasteiger charge is -2.35. The van der Waals surface area contributed by atoms with Crippen molar-refractivity contribution in [3.05, 3.63) is 47.7 Å². The van der Waals surface area contributed by atoms with Gasteiger partial charge < -0.3 is 20.5 Å². The summed E-state index contributed by atoms with van der Waals surface area (Å²) in [6.45, 7) is 8.73. The van der Waals surface area contributed by atoms with Crippen molar-refractivity contribution >= 4 is 40.7 Å². The minimum absolute atomic E-state index is 0.295. The molecule has 4 rings (SSSR count). The van der Waals surface area contributed by atoms with E-state index in [1.807, 2.05) is 24.3 Å². The minimum atomic E-state index is -1.02. The summed E-state index contributed by atoms with van der Waals surface area (Å²) in [6, 6.07) is 6.72. The van der Waals surface area contributed by atoms with Gasteiger partial charge in [0.05, 0.1) is 23.2 Å². The molecule has 0 saturated carbocycles. The predicted molar refractivity (Wildman–Crippen MR) is 153 cm³/mol. The van der Waals surface area contributed by atoms with Crippen molar-refractivity contribution in [3.8, 4) is 0 Å². The fourth-order valence-corrected chi connectivity index (χ4v) is 4.98. The maximum atomic E-state index is 13.3. The number of carbonyl (C=O) groups excluding carboxylic acids is 4. The normalized spacial score (nSPS) is 28.2. The highest BCUT2D eigenvalue weighted by molar-refractivity contribution is 5.93. The van der Waals surface area contributed by atoms with Gasteiger partial charge in [-0.2, -0.15) is 0 Å².